The monoisotopic (exact) mass is 496 g/mol. The predicted octanol–water partition coefficient (Wildman–Crippen LogP) is 4.75. The molecule has 184 valence electrons. The SMILES string of the molecule is Cc1ccc(OCCCC(=O)Nc2ccc(NS(=O)(=O)c3ccc4c(c3)OCCCO4)cc2)cc1. The maximum Gasteiger partial charge on any atom is 0.262 e. The van der Waals surface area contributed by atoms with E-state index in [1.807, 2.05) is 31.2 Å². The fourth-order valence-electron chi connectivity index (χ4n) is 3.43. The van der Waals surface area contributed by atoms with Gasteiger partial charge in [0.15, 0.2) is 11.5 Å². The Morgan fingerprint density at radius 2 is 1.60 bits per heavy atom. The Labute approximate surface area is 205 Å². The summed E-state index contributed by atoms with van der Waals surface area (Å²) in [6.07, 6.45) is 1.62. The van der Waals surface area contributed by atoms with Crippen molar-refractivity contribution in [3.8, 4) is 17.2 Å². The molecule has 1 aliphatic heterocycles. The molecule has 4 rings (SSSR count). The zero-order valence-corrected chi connectivity index (χ0v) is 20.3. The number of carbonyl (C=O) groups is 1. The van der Waals surface area contributed by atoms with Gasteiger partial charge in [-0.15, -0.1) is 0 Å². The summed E-state index contributed by atoms with van der Waals surface area (Å²) < 4.78 is 44.9. The number of hydrogen-bond acceptors (Lipinski definition) is 6. The average molecular weight is 497 g/mol. The number of sulfonamides is 1. The van der Waals surface area contributed by atoms with Gasteiger partial charge in [-0.05, 0) is 61.9 Å². The zero-order valence-electron chi connectivity index (χ0n) is 19.5. The van der Waals surface area contributed by atoms with Crippen molar-refractivity contribution in [3.05, 3.63) is 72.3 Å². The highest BCUT2D eigenvalue weighted by Gasteiger charge is 2.19. The van der Waals surface area contributed by atoms with Crippen molar-refractivity contribution in [1.82, 2.24) is 0 Å². The average Bonchev–Trinajstić information content (AvgIpc) is 3.09. The molecule has 0 bridgehead atoms. The Balaban J connectivity index is 1.27. The fourth-order valence-corrected chi connectivity index (χ4v) is 4.50. The van der Waals surface area contributed by atoms with Crippen LogP contribution in [0.4, 0.5) is 11.4 Å². The molecule has 9 heteroatoms. The van der Waals surface area contributed by atoms with Crippen LogP contribution in [0.5, 0.6) is 17.2 Å². The standard InChI is InChI=1S/C26H28N2O6S/c1-19-5-11-22(12-6-19)32-15-2-4-26(29)27-20-7-9-21(10-8-20)28-35(30,31)23-13-14-24-25(18-23)34-17-3-16-33-24/h5-14,18,28H,2-4,15-17H2,1H3,(H,27,29). The van der Waals surface area contributed by atoms with Crippen LogP contribution in [-0.4, -0.2) is 34.1 Å². The highest BCUT2D eigenvalue weighted by atomic mass is 32.2. The van der Waals surface area contributed by atoms with Gasteiger partial charge in [0.05, 0.1) is 24.7 Å². The van der Waals surface area contributed by atoms with Crippen LogP contribution in [0, 0.1) is 6.92 Å². The molecule has 0 radical (unpaired) electrons. The van der Waals surface area contributed by atoms with Gasteiger partial charge in [0, 0.05) is 30.3 Å². The number of carbonyl (C=O) groups excluding carboxylic acids is 1. The smallest absolute Gasteiger partial charge is 0.262 e. The van der Waals surface area contributed by atoms with Crippen molar-refractivity contribution in [2.45, 2.75) is 31.1 Å². The summed E-state index contributed by atoms with van der Waals surface area (Å²) in [6, 6.07) is 18.8. The Morgan fingerprint density at radius 1 is 0.914 bits per heavy atom. The van der Waals surface area contributed by atoms with Crippen molar-refractivity contribution in [2.75, 3.05) is 29.9 Å². The third kappa shape index (κ3) is 6.89. The van der Waals surface area contributed by atoms with Crippen molar-refractivity contribution < 1.29 is 27.4 Å². The predicted molar refractivity (Wildman–Crippen MR) is 134 cm³/mol. The first kappa shape index (κ1) is 24.4. The fraction of sp³-hybridized carbons (Fsp3) is 0.269. The van der Waals surface area contributed by atoms with E-state index >= 15 is 0 Å². The Hall–Kier alpha value is -3.72. The van der Waals surface area contributed by atoms with Gasteiger partial charge in [0.1, 0.15) is 5.75 Å². The summed E-state index contributed by atoms with van der Waals surface area (Å²) in [5.41, 5.74) is 2.11. The molecule has 0 unspecified atom stereocenters. The second-order valence-corrected chi connectivity index (χ2v) is 9.84. The van der Waals surface area contributed by atoms with Gasteiger partial charge in [-0.1, -0.05) is 17.7 Å². The molecule has 0 saturated heterocycles. The quantitative estimate of drug-likeness (QED) is 0.414. The Morgan fingerprint density at radius 3 is 2.34 bits per heavy atom. The van der Waals surface area contributed by atoms with E-state index in [4.69, 9.17) is 14.2 Å². The topological polar surface area (TPSA) is 103 Å². The highest BCUT2D eigenvalue weighted by Crippen LogP contribution is 2.32. The van der Waals surface area contributed by atoms with Gasteiger partial charge in [-0.2, -0.15) is 0 Å². The number of hydrogen-bond donors (Lipinski definition) is 2. The Kier molecular flexibility index (Phi) is 7.77. The van der Waals surface area contributed by atoms with Gasteiger partial charge in [0.25, 0.3) is 10.0 Å². The van der Waals surface area contributed by atoms with Crippen molar-refractivity contribution in [1.29, 1.82) is 0 Å². The second-order valence-electron chi connectivity index (χ2n) is 8.16. The van der Waals surface area contributed by atoms with Crippen LogP contribution in [-0.2, 0) is 14.8 Å². The van der Waals surface area contributed by atoms with E-state index in [1.165, 1.54) is 12.1 Å². The van der Waals surface area contributed by atoms with Crippen LogP contribution >= 0.6 is 0 Å². The summed E-state index contributed by atoms with van der Waals surface area (Å²) in [6.45, 7) is 3.45. The molecule has 2 N–H and O–H groups in total. The lowest BCUT2D eigenvalue weighted by atomic mass is 10.2. The second kappa shape index (κ2) is 11.1. The van der Waals surface area contributed by atoms with E-state index in [0.29, 0.717) is 55.5 Å². The highest BCUT2D eigenvalue weighted by molar-refractivity contribution is 7.92. The molecule has 1 aliphatic rings. The number of ether oxygens (including phenoxy) is 3. The lowest BCUT2D eigenvalue weighted by molar-refractivity contribution is -0.116. The molecular formula is C26H28N2O6S. The number of amides is 1. The number of aryl methyl sites for hydroxylation is 1. The minimum atomic E-state index is -3.82. The molecule has 35 heavy (non-hydrogen) atoms. The number of fused-ring (bicyclic) bond motifs is 1. The van der Waals surface area contributed by atoms with Gasteiger partial charge in [0.2, 0.25) is 5.91 Å². The minimum absolute atomic E-state index is 0.0759. The molecule has 1 heterocycles. The molecule has 0 atom stereocenters. The van der Waals surface area contributed by atoms with Crippen LogP contribution in [0.15, 0.2) is 71.6 Å². The number of nitrogens with one attached hydrogen (secondary N) is 2. The van der Waals surface area contributed by atoms with Gasteiger partial charge < -0.3 is 19.5 Å². The van der Waals surface area contributed by atoms with Crippen LogP contribution in [0.25, 0.3) is 0 Å². The zero-order chi connectivity index (χ0) is 24.7. The molecular weight excluding hydrogens is 468 g/mol. The van der Waals surface area contributed by atoms with E-state index in [2.05, 4.69) is 10.0 Å². The van der Waals surface area contributed by atoms with Gasteiger partial charge in [-0.25, -0.2) is 8.42 Å². The Bertz CT molecular complexity index is 1260. The molecule has 0 fully saturated rings. The maximum absolute atomic E-state index is 12.8. The molecule has 3 aromatic rings. The summed E-state index contributed by atoms with van der Waals surface area (Å²) in [5.74, 6) is 1.58. The molecule has 8 nitrogen and oxygen atoms in total. The molecule has 1 amide bonds. The van der Waals surface area contributed by atoms with Crippen LogP contribution in [0.2, 0.25) is 0 Å². The maximum atomic E-state index is 12.8. The summed E-state index contributed by atoms with van der Waals surface area (Å²) >= 11 is 0. The van der Waals surface area contributed by atoms with Gasteiger partial charge in [-0.3, -0.25) is 9.52 Å². The third-order valence-corrected chi connectivity index (χ3v) is 6.67. The molecule has 0 saturated carbocycles. The normalized spacial score (nSPS) is 12.9. The van der Waals surface area contributed by atoms with E-state index < -0.39 is 10.0 Å². The first-order valence-electron chi connectivity index (χ1n) is 11.4. The third-order valence-electron chi connectivity index (χ3n) is 5.29. The van der Waals surface area contributed by atoms with E-state index in [0.717, 1.165) is 17.7 Å². The van der Waals surface area contributed by atoms with Crippen LogP contribution in [0.1, 0.15) is 24.8 Å². The molecule has 0 spiro atoms. The summed E-state index contributed by atoms with van der Waals surface area (Å²) in [7, 11) is -3.82. The van der Waals surface area contributed by atoms with E-state index in [9.17, 15) is 13.2 Å². The largest absolute Gasteiger partial charge is 0.494 e. The lowest BCUT2D eigenvalue weighted by Crippen LogP contribution is -2.14. The summed E-state index contributed by atoms with van der Waals surface area (Å²) in [4.78, 5) is 12.3. The molecule has 0 aliphatic carbocycles. The minimum Gasteiger partial charge on any atom is -0.494 e. The lowest BCUT2D eigenvalue weighted by Gasteiger charge is -2.12. The van der Waals surface area contributed by atoms with Gasteiger partial charge >= 0.3 is 0 Å². The first-order valence-corrected chi connectivity index (χ1v) is 12.9. The van der Waals surface area contributed by atoms with Crippen molar-refractivity contribution in [3.63, 3.8) is 0 Å². The molecule has 0 aromatic heterocycles. The van der Waals surface area contributed by atoms with E-state index in [-0.39, 0.29) is 10.8 Å². The van der Waals surface area contributed by atoms with Crippen LogP contribution < -0.4 is 24.2 Å². The number of rotatable bonds is 9. The number of anilines is 2. The first-order chi connectivity index (χ1) is 16.9. The van der Waals surface area contributed by atoms with Crippen molar-refractivity contribution in [2.24, 2.45) is 0 Å². The van der Waals surface area contributed by atoms with Crippen molar-refractivity contribution >= 4 is 27.3 Å². The summed E-state index contributed by atoms with van der Waals surface area (Å²) in [5, 5.41) is 2.81. The van der Waals surface area contributed by atoms with E-state index in [1.54, 1.807) is 30.3 Å². The number of benzene rings is 3. The molecule has 3 aromatic carbocycles. The van der Waals surface area contributed by atoms with Crippen LogP contribution in [0.3, 0.4) is 0 Å².